The van der Waals surface area contributed by atoms with Crippen LogP contribution < -0.4 is 0 Å². The molecule has 2 saturated heterocycles. The van der Waals surface area contributed by atoms with Crippen molar-refractivity contribution in [2.24, 2.45) is 0 Å². The van der Waals surface area contributed by atoms with E-state index in [1.54, 1.807) is 4.90 Å². The van der Waals surface area contributed by atoms with E-state index < -0.39 is 11.1 Å². The van der Waals surface area contributed by atoms with Crippen molar-refractivity contribution in [2.45, 2.75) is 44.8 Å². The Balaban J connectivity index is 2.07. The smallest absolute Gasteiger partial charge is 0.410 e. The summed E-state index contributed by atoms with van der Waals surface area (Å²) in [7, 11) is 0. The normalized spacial score (nSPS) is 28.0. The Hall–Kier alpha value is -1.32. The van der Waals surface area contributed by atoms with E-state index >= 15 is 0 Å². The number of likely N-dealkylation sites (tertiary alicyclic amines) is 1. The molecule has 2 rings (SSSR count). The van der Waals surface area contributed by atoms with Gasteiger partial charge in [0.05, 0.1) is 25.8 Å². The maximum atomic E-state index is 12.3. The summed E-state index contributed by atoms with van der Waals surface area (Å²) in [5.74, 6) is 0. The molecule has 2 aliphatic heterocycles. The van der Waals surface area contributed by atoms with Crippen LogP contribution in [0, 0.1) is 11.3 Å². The number of nitriles is 1. The third kappa shape index (κ3) is 3.86. The van der Waals surface area contributed by atoms with E-state index in [1.807, 2.05) is 20.8 Å². The number of nitrogens with zero attached hydrogens (tertiary/aromatic N) is 3. The molecule has 0 aromatic rings. The molecule has 0 spiro atoms. The standard InChI is InChI=1S/C15H25N3O3/c1-14(2,3)21-13(19)17-6-4-5-15(11-16,12-17)18-7-9-20-10-8-18/h4-10,12H2,1-3H3. The van der Waals surface area contributed by atoms with Gasteiger partial charge in [-0.05, 0) is 33.6 Å². The van der Waals surface area contributed by atoms with Crippen molar-refractivity contribution in [2.75, 3.05) is 39.4 Å². The molecule has 6 heteroatoms. The average Bonchev–Trinajstić information content (AvgIpc) is 2.46. The predicted molar refractivity (Wildman–Crippen MR) is 77.8 cm³/mol. The van der Waals surface area contributed by atoms with E-state index in [9.17, 15) is 10.1 Å². The highest BCUT2D eigenvalue weighted by Gasteiger charge is 2.43. The second-order valence-electron chi connectivity index (χ2n) is 6.75. The predicted octanol–water partition coefficient (Wildman–Crippen LogP) is 1.61. The highest BCUT2D eigenvalue weighted by Crippen LogP contribution is 2.29. The zero-order chi connectivity index (χ0) is 15.5. The van der Waals surface area contributed by atoms with E-state index in [0.29, 0.717) is 26.3 Å². The van der Waals surface area contributed by atoms with Gasteiger partial charge < -0.3 is 14.4 Å². The first-order valence-corrected chi connectivity index (χ1v) is 7.58. The number of hydrogen-bond acceptors (Lipinski definition) is 5. The fraction of sp³-hybridized carbons (Fsp3) is 0.867. The molecule has 0 aromatic carbocycles. The summed E-state index contributed by atoms with van der Waals surface area (Å²) in [6.45, 7) is 9.43. The second kappa shape index (κ2) is 6.20. The van der Waals surface area contributed by atoms with Crippen molar-refractivity contribution in [1.29, 1.82) is 5.26 Å². The first-order valence-electron chi connectivity index (χ1n) is 7.58. The van der Waals surface area contributed by atoms with Gasteiger partial charge in [-0.15, -0.1) is 0 Å². The van der Waals surface area contributed by atoms with Gasteiger partial charge in [0.15, 0.2) is 0 Å². The number of piperidine rings is 1. The van der Waals surface area contributed by atoms with Crippen molar-refractivity contribution >= 4 is 6.09 Å². The maximum Gasteiger partial charge on any atom is 0.410 e. The van der Waals surface area contributed by atoms with Crippen molar-refractivity contribution < 1.29 is 14.3 Å². The Kier molecular flexibility index (Phi) is 4.74. The van der Waals surface area contributed by atoms with E-state index in [0.717, 1.165) is 25.9 Å². The summed E-state index contributed by atoms with van der Waals surface area (Å²) >= 11 is 0. The Morgan fingerprint density at radius 2 is 1.95 bits per heavy atom. The molecule has 0 saturated carbocycles. The van der Waals surface area contributed by atoms with Crippen LogP contribution in [0.15, 0.2) is 0 Å². The number of amides is 1. The van der Waals surface area contributed by atoms with Crippen molar-refractivity contribution in [1.82, 2.24) is 9.80 Å². The number of morpholine rings is 1. The lowest BCUT2D eigenvalue weighted by atomic mass is 9.88. The molecule has 2 heterocycles. The number of carbonyl (C=O) groups excluding carboxylic acids is 1. The molecule has 0 aliphatic carbocycles. The van der Waals surface area contributed by atoms with E-state index in [2.05, 4.69) is 11.0 Å². The van der Waals surface area contributed by atoms with Crippen LogP contribution in [0.1, 0.15) is 33.6 Å². The fourth-order valence-electron chi connectivity index (χ4n) is 2.93. The van der Waals surface area contributed by atoms with Crippen LogP contribution in [0.3, 0.4) is 0 Å². The molecular weight excluding hydrogens is 270 g/mol. The fourth-order valence-corrected chi connectivity index (χ4v) is 2.93. The number of carbonyl (C=O) groups is 1. The summed E-state index contributed by atoms with van der Waals surface area (Å²) < 4.78 is 10.8. The molecule has 1 amide bonds. The SMILES string of the molecule is CC(C)(C)OC(=O)N1CCCC(C#N)(N2CCOCC2)C1. The van der Waals surface area contributed by atoms with Gasteiger partial charge in [-0.1, -0.05) is 0 Å². The summed E-state index contributed by atoms with van der Waals surface area (Å²) in [4.78, 5) is 16.1. The topological polar surface area (TPSA) is 65.8 Å². The Morgan fingerprint density at radius 1 is 1.29 bits per heavy atom. The highest BCUT2D eigenvalue weighted by molar-refractivity contribution is 5.68. The zero-order valence-corrected chi connectivity index (χ0v) is 13.2. The Bertz CT molecular complexity index is 421. The number of hydrogen-bond donors (Lipinski definition) is 0. The van der Waals surface area contributed by atoms with Crippen LogP contribution in [0.5, 0.6) is 0 Å². The average molecular weight is 295 g/mol. The van der Waals surface area contributed by atoms with Crippen LogP contribution in [-0.4, -0.2) is 66.4 Å². The lowest BCUT2D eigenvalue weighted by Crippen LogP contribution is -2.61. The van der Waals surface area contributed by atoms with Crippen LogP contribution in [0.2, 0.25) is 0 Å². The Labute approximate surface area is 126 Å². The molecule has 0 N–H and O–H groups in total. The molecule has 2 fully saturated rings. The lowest BCUT2D eigenvalue weighted by Gasteiger charge is -2.46. The van der Waals surface area contributed by atoms with Gasteiger partial charge in [-0.2, -0.15) is 5.26 Å². The molecule has 0 radical (unpaired) electrons. The first kappa shape index (κ1) is 16.1. The van der Waals surface area contributed by atoms with Gasteiger partial charge in [0.2, 0.25) is 0 Å². The number of ether oxygens (including phenoxy) is 2. The third-order valence-electron chi connectivity index (χ3n) is 3.95. The minimum atomic E-state index is -0.598. The minimum absolute atomic E-state index is 0.324. The van der Waals surface area contributed by atoms with Crippen molar-refractivity contribution in [3.8, 4) is 6.07 Å². The van der Waals surface area contributed by atoms with Gasteiger partial charge in [0, 0.05) is 19.6 Å². The van der Waals surface area contributed by atoms with Gasteiger partial charge in [-0.25, -0.2) is 4.79 Å². The van der Waals surface area contributed by atoms with Crippen molar-refractivity contribution in [3.05, 3.63) is 0 Å². The van der Waals surface area contributed by atoms with E-state index in [1.165, 1.54) is 0 Å². The van der Waals surface area contributed by atoms with Crippen LogP contribution in [0.25, 0.3) is 0 Å². The molecule has 118 valence electrons. The summed E-state index contributed by atoms with van der Waals surface area (Å²) in [5.41, 5.74) is -1.11. The molecule has 0 bridgehead atoms. The van der Waals surface area contributed by atoms with E-state index in [-0.39, 0.29) is 6.09 Å². The van der Waals surface area contributed by atoms with Crippen molar-refractivity contribution in [3.63, 3.8) is 0 Å². The van der Waals surface area contributed by atoms with Gasteiger partial charge in [0.1, 0.15) is 11.1 Å². The summed E-state index contributed by atoms with van der Waals surface area (Å²) in [6, 6.07) is 2.46. The molecule has 6 nitrogen and oxygen atoms in total. The molecule has 2 aliphatic rings. The minimum Gasteiger partial charge on any atom is -0.444 e. The summed E-state index contributed by atoms with van der Waals surface area (Å²) in [5, 5.41) is 9.71. The molecule has 1 unspecified atom stereocenters. The summed E-state index contributed by atoms with van der Waals surface area (Å²) in [6.07, 6.45) is 1.29. The van der Waals surface area contributed by atoms with Crippen LogP contribution >= 0.6 is 0 Å². The molecule has 1 atom stereocenters. The maximum absolute atomic E-state index is 12.3. The first-order chi connectivity index (χ1) is 9.86. The lowest BCUT2D eigenvalue weighted by molar-refractivity contribution is -0.0357. The largest absolute Gasteiger partial charge is 0.444 e. The molecular formula is C15H25N3O3. The quantitative estimate of drug-likeness (QED) is 0.735. The second-order valence-corrected chi connectivity index (χ2v) is 6.75. The van der Waals surface area contributed by atoms with Gasteiger partial charge >= 0.3 is 6.09 Å². The molecule has 0 aromatic heterocycles. The van der Waals surface area contributed by atoms with Gasteiger partial charge in [0.25, 0.3) is 0 Å². The Morgan fingerprint density at radius 3 is 2.52 bits per heavy atom. The highest BCUT2D eigenvalue weighted by atomic mass is 16.6. The monoisotopic (exact) mass is 295 g/mol. The number of rotatable bonds is 1. The van der Waals surface area contributed by atoms with Gasteiger partial charge in [-0.3, -0.25) is 4.90 Å². The van der Waals surface area contributed by atoms with Crippen LogP contribution in [0.4, 0.5) is 4.79 Å². The van der Waals surface area contributed by atoms with Crippen LogP contribution in [-0.2, 0) is 9.47 Å². The molecule has 21 heavy (non-hydrogen) atoms. The van der Waals surface area contributed by atoms with E-state index in [4.69, 9.17) is 9.47 Å². The zero-order valence-electron chi connectivity index (χ0n) is 13.2. The third-order valence-corrected chi connectivity index (χ3v) is 3.95.